The Kier molecular flexibility index (Phi) is 3.81. The summed E-state index contributed by atoms with van der Waals surface area (Å²) < 4.78 is 3.35. The number of aromatic nitrogens is 2. The van der Waals surface area contributed by atoms with E-state index in [-0.39, 0.29) is 0 Å². The van der Waals surface area contributed by atoms with Crippen molar-refractivity contribution in [1.29, 1.82) is 0 Å². The van der Waals surface area contributed by atoms with Crippen LogP contribution in [-0.4, -0.2) is 22.9 Å². The van der Waals surface area contributed by atoms with Crippen LogP contribution in [0.3, 0.4) is 0 Å². The van der Waals surface area contributed by atoms with Gasteiger partial charge < -0.3 is 5.32 Å². The Morgan fingerprint density at radius 2 is 2.27 bits per heavy atom. The molecule has 0 bridgehead atoms. The molecule has 0 aliphatic carbocycles. The molecular formula is C11H18BrN3. The number of hydrogen-bond acceptors (Lipinski definition) is 2. The summed E-state index contributed by atoms with van der Waals surface area (Å²) in [5, 5.41) is 7.83. The Hall–Kier alpha value is -0.350. The molecule has 1 aliphatic rings. The van der Waals surface area contributed by atoms with E-state index in [1.165, 1.54) is 23.0 Å². The summed E-state index contributed by atoms with van der Waals surface area (Å²) in [7, 11) is 0. The van der Waals surface area contributed by atoms with Crippen molar-refractivity contribution in [2.75, 3.05) is 13.1 Å². The second-order valence-electron chi connectivity index (χ2n) is 4.13. The molecule has 2 heterocycles. The number of nitrogens with zero attached hydrogens (tertiary/aromatic N) is 2. The molecule has 4 heteroatoms. The van der Waals surface area contributed by atoms with Crippen molar-refractivity contribution >= 4 is 15.9 Å². The maximum absolute atomic E-state index is 4.43. The lowest BCUT2D eigenvalue weighted by Crippen LogP contribution is -2.28. The highest BCUT2D eigenvalue weighted by Crippen LogP contribution is 2.31. The van der Waals surface area contributed by atoms with E-state index in [1.807, 2.05) is 6.20 Å². The van der Waals surface area contributed by atoms with Crippen LogP contribution in [0.4, 0.5) is 0 Å². The first kappa shape index (κ1) is 11.1. The van der Waals surface area contributed by atoms with E-state index < -0.39 is 0 Å². The van der Waals surface area contributed by atoms with Crippen molar-refractivity contribution in [2.45, 2.75) is 38.6 Å². The minimum Gasteiger partial charge on any atom is -0.317 e. The smallest absolute Gasteiger partial charge is 0.0635 e. The van der Waals surface area contributed by atoms with Gasteiger partial charge in [-0.05, 0) is 48.3 Å². The third-order valence-electron chi connectivity index (χ3n) is 2.99. The van der Waals surface area contributed by atoms with Gasteiger partial charge in [0.2, 0.25) is 0 Å². The standard InChI is InChI=1S/C11H18BrN3/c1-2-7-15-11(10(12)8-14-15)9-3-5-13-6-4-9/h8-9,13H,2-7H2,1H3. The number of halogens is 1. The fourth-order valence-electron chi connectivity index (χ4n) is 2.26. The van der Waals surface area contributed by atoms with Gasteiger partial charge in [-0.25, -0.2) is 0 Å². The maximum Gasteiger partial charge on any atom is 0.0635 e. The van der Waals surface area contributed by atoms with Gasteiger partial charge in [0.15, 0.2) is 0 Å². The van der Waals surface area contributed by atoms with E-state index in [2.05, 4.69) is 38.0 Å². The molecule has 1 fully saturated rings. The molecule has 0 amide bonds. The summed E-state index contributed by atoms with van der Waals surface area (Å²) in [5.74, 6) is 0.676. The number of rotatable bonds is 3. The third-order valence-corrected chi connectivity index (χ3v) is 3.61. The second kappa shape index (κ2) is 5.12. The molecule has 0 saturated carbocycles. The first-order chi connectivity index (χ1) is 7.33. The predicted molar refractivity (Wildman–Crippen MR) is 65.1 cm³/mol. The van der Waals surface area contributed by atoms with Crippen molar-refractivity contribution in [1.82, 2.24) is 15.1 Å². The lowest BCUT2D eigenvalue weighted by molar-refractivity contribution is 0.426. The quantitative estimate of drug-likeness (QED) is 0.916. The minimum absolute atomic E-state index is 0.676. The summed E-state index contributed by atoms with van der Waals surface area (Å²) in [6.07, 6.45) is 5.54. The van der Waals surface area contributed by atoms with Gasteiger partial charge in [-0.3, -0.25) is 4.68 Å². The molecule has 84 valence electrons. The molecule has 1 aromatic heterocycles. The summed E-state index contributed by atoms with van der Waals surface area (Å²) in [4.78, 5) is 0. The molecule has 0 spiro atoms. The lowest BCUT2D eigenvalue weighted by Gasteiger charge is -2.24. The van der Waals surface area contributed by atoms with Crippen LogP contribution >= 0.6 is 15.9 Å². The highest BCUT2D eigenvalue weighted by Gasteiger charge is 2.21. The van der Waals surface area contributed by atoms with Crippen LogP contribution in [0.2, 0.25) is 0 Å². The highest BCUT2D eigenvalue weighted by molar-refractivity contribution is 9.10. The zero-order valence-electron chi connectivity index (χ0n) is 9.17. The van der Waals surface area contributed by atoms with Crippen molar-refractivity contribution in [2.24, 2.45) is 0 Å². The van der Waals surface area contributed by atoms with Crippen LogP contribution in [0.1, 0.15) is 37.8 Å². The van der Waals surface area contributed by atoms with Gasteiger partial charge in [0, 0.05) is 12.5 Å². The van der Waals surface area contributed by atoms with E-state index in [4.69, 9.17) is 0 Å². The Balaban J connectivity index is 2.19. The first-order valence-corrected chi connectivity index (χ1v) is 6.54. The van der Waals surface area contributed by atoms with Crippen LogP contribution < -0.4 is 5.32 Å². The summed E-state index contributed by atoms with van der Waals surface area (Å²) in [6.45, 7) is 5.50. The van der Waals surface area contributed by atoms with E-state index >= 15 is 0 Å². The predicted octanol–water partition coefficient (Wildman–Crippen LogP) is 2.52. The minimum atomic E-state index is 0.676. The number of aryl methyl sites for hydroxylation is 1. The molecule has 1 aromatic rings. The summed E-state index contributed by atoms with van der Waals surface area (Å²) in [6, 6.07) is 0. The monoisotopic (exact) mass is 271 g/mol. The van der Waals surface area contributed by atoms with E-state index in [9.17, 15) is 0 Å². The first-order valence-electron chi connectivity index (χ1n) is 5.75. The zero-order chi connectivity index (χ0) is 10.7. The topological polar surface area (TPSA) is 29.9 Å². The van der Waals surface area contributed by atoms with Crippen molar-refractivity contribution in [3.63, 3.8) is 0 Å². The Morgan fingerprint density at radius 1 is 1.53 bits per heavy atom. The molecule has 1 saturated heterocycles. The average molecular weight is 272 g/mol. The van der Waals surface area contributed by atoms with Crippen molar-refractivity contribution in [3.05, 3.63) is 16.4 Å². The van der Waals surface area contributed by atoms with E-state index in [1.54, 1.807) is 0 Å². The largest absolute Gasteiger partial charge is 0.317 e. The lowest BCUT2D eigenvalue weighted by atomic mass is 9.94. The molecule has 0 radical (unpaired) electrons. The SMILES string of the molecule is CCCn1ncc(Br)c1C1CCNCC1. The van der Waals surface area contributed by atoms with E-state index in [0.29, 0.717) is 5.92 Å². The molecular weight excluding hydrogens is 254 g/mol. The van der Waals surface area contributed by atoms with Crippen molar-refractivity contribution in [3.8, 4) is 0 Å². The number of hydrogen-bond donors (Lipinski definition) is 1. The third kappa shape index (κ3) is 2.42. The Morgan fingerprint density at radius 3 is 2.93 bits per heavy atom. The number of nitrogens with one attached hydrogen (secondary N) is 1. The molecule has 2 rings (SSSR count). The summed E-state index contributed by atoms with van der Waals surface area (Å²) >= 11 is 3.62. The fourth-order valence-corrected chi connectivity index (χ4v) is 2.88. The van der Waals surface area contributed by atoms with Gasteiger partial charge in [-0.2, -0.15) is 5.10 Å². The van der Waals surface area contributed by atoms with Gasteiger partial charge in [-0.1, -0.05) is 6.92 Å². The summed E-state index contributed by atoms with van der Waals surface area (Å²) in [5.41, 5.74) is 1.40. The molecule has 1 aliphatic heterocycles. The normalized spacial score (nSPS) is 18.3. The second-order valence-corrected chi connectivity index (χ2v) is 4.98. The van der Waals surface area contributed by atoms with Gasteiger partial charge in [0.1, 0.15) is 0 Å². The highest BCUT2D eigenvalue weighted by atomic mass is 79.9. The molecule has 15 heavy (non-hydrogen) atoms. The van der Waals surface area contributed by atoms with Crippen LogP contribution in [0.5, 0.6) is 0 Å². The van der Waals surface area contributed by atoms with E-state index in [0.717, 1.165) is 26.1 Å². The zero-order valence-corrected chi connectivity index (χ0v) is 10.8. The van der Waals surface area contributed by atoms with Gasteiger partial charge in [-0.15, -0.1) is 0 Å². The molecule has 1 N–H and O–H groups in total. The van der Waals surface area contributed by atoms with Crippen LogP contribution in [0.25, 0.3) is 0 Å². The molecule has 0 unspecified atom stereocenters. The number of piperidine rings is 1. The molecule has 0 aromatic carbocycles. The van der Waals surface area contributed by atoms with Gasteiger partial charge in [0.05, 0.1) is 16.4 Å². The fraction of sp³-hybridized carbons (Fsp3) is 0.727. The van der Waals surface area contributed by atoms with Gasteiger partial charge in [0.25, 0.3) is 0 Å². The Labute approximate surface area is 99.4 Å². The van der Waals surface area contributed by atoms with Gasteiger partial charge >= 0.3 is 0 Å². The van der Waals surface area contributed by atoms with Crippen LogP contribution in [0, 0.1) is 0 Å². The van der Waals surface area contributed by atoms with Crippen LogP contribution in [-0.2, 0) is 6.54 Å². The Bertz CT molecular complexity index is 316. The average Bonchev–Trinajstić information content (AvgIpc) is 2.62. The van der Waals surface area contributed by atoms with Crippen molar-refractivity contribution < 1.29 is 0 Å². The molecule has 0 atom stereocenters. The molecule has 3 nitrogen and oxygen atoms in total. The van der Waals surface area contributed by atoms with Crippen LogP contribution in [0.15, 0.2) is 10.7 Å². The maximum atomic E-state index is 4.43.